The van der Waals surface area contributed by atoms with Gasteiger partial charge in [0.2, 0.25) is 0 Å². The van der Waals surface area contributed by atoms with Gasteiger partial charge in [-0.2, -0.15) is 0 Å². The van der Waals surface area contributed by atoms with E-state index >= 15 is 0 Å². The summed E-state index contributed by atoms with van der Waals surface area (Å²) in [6.07, 6.45) is 2.12. The first-order chi connectivity index (χ1) is 21.9. The molecule has 44 heavy (non-hydrogen) atoms. The van der Waals surface area contributed by atoms with E-state index in [1.807, 2.05) is 0 Å². The molecule has 0 saturated heterocycles. The van der Waals surface area contributed by atoms with E-state index in [0.717, 1.165) is 5.52 Å². The molecule has 9 aromatic rings. The Morgan fingerprint density at radius 1 is 0.295 bits per heavy atom. The third kappa shape index (κ3) is 3.11. The van der Waals surface area contributed by atoms with Crippen molar-refractivity contribution in [3.8, 4) is 44.5 Å². The number of fused-ring (bicyclic) bond motifs is 8. The zero-order chi connectivity index (χ0) is 28.8. The zero-order valence-electron chi connectivity index (χ0n) is 23.9. The van der Waals surface area contributed by atoms with Crippen molar-refractivity contribution in [2.45, 2.75) is 0 Å². The molecule has 0 radical (unpaired) electrons. The third-order valence-electron chi connectivity index (χ3n) is 9.64. The van der Waals surface area contributed by atoms with Crippen LogP contribution in [-0.4, -0.2) is 4.98 Å². The van der Waals surface area contributed by atoms with Gasteiger partial charge >= 0.3 is 0 Å². The molecule has 0 N–H and O–H groups in total. The van der Waals surface area contributed by atoms with Gasteiger partial charge in [-0.3, -0.25) is 4.98 Å². The SMILES string of the molecule is c1ccc2c(c1)-c1cccc3c(-c4c5ccccc5c(-c5cccc6ccccc56)c5c4cnc4ccccc45)ccc-2c13. The molecule has 1 nitrogen and oxygen atoms in total. The second-order valence-corrected chi connectivity index (χ2v) is 11.8. The molecule has 0 amide bonds. The van der Waals surface area contributed by atoms with Crippen molar-refractivity contribution in [2.24, 2.45) is 0 Å². The van der Waals surface area contributed by atoms with Crippen LogP contribution in [0.1, 0.15) is 0 Å². The van der Waals surface area contributed by atoms with Gasteiger partial charge in [0, 0.05) is 22.4 Å². The van der Waals surface area contributed by atoms with Crippen LogP contribution in [0.2, 0.25) is 0 Å². The molecule has 1 aliphatic carbocycles. The van der Waals surface area contributed by atoms with Crippen LogP contribution >= 0.6 is 0 Å². The van der Waals surface area contributed by atoms with Crippen LogP contribution in [0.25, 0.3) is 98.5 Å². The smallest absolute Gasteiger partial charge is 0.0708 e. The second-order valence-electron chi connectivity index (χ2n) is 11.8. The summed E-state index contributed by atoms with van der Waals surface area (Å²) in [7, 11) is 0. The van der Waals surface area contributed by atoms with Crippen molar-refractivity contribution < 1.29 is 0 Å². The molecule has 0 spiro atoms. The van der Waals surface area contributed by atoms with Gasteiger partial charge in [-0.15, -0.1) is 0 Å². The fourth-order valence-corrected chi connectivity index (χ4v) is 7.84. The number of benzene rings is 8. The lowest BCUT2D eigenvalue weighted by Crippen LogP contribution is -1.94. The highest BCUT2D eigenvalue weighted by molar-refractivity contribution is 6.31. The number of hydrogen-bond acceptors (Lipinski definition) is 1. The van der Waals surface area contributed by atoms with Gasteiger partial charge in [0.25, 0.3) is 0 Å². The maximum Gasteiger partial charge on any atom is 0.0708 e. The van der Waals surface area contributed by atoms with Gasteiger partial charge in [0.1, 0.15) is 0 Å². The maximum atomic E-state index is 5.06. The Hall–Kier alpha value is -5.79. The van der Waals surface area contributed by atoms with Gasteiger partial charge < -0.3 is 0 Å². The van der Waals surface area contributed by atoms with Gasteiger partial charge in [0.05, 0.1) is 5.52 Å². The molecule has 10 rings (SSSR count). The van der Waals surface area contributed by atoms with Crippen molar-refractivity contribution >= 4 is 54.0 Å². The fraction of sp³-hybridized carbons (Fsp3) is 0. The monoisotopic (exact) mass is 555 g/mol. The van der Waals surface area contributed by atoms with Crippen molar-refractivity contribution in [3.05, 3.63) is 152 Å². The lowest BCUT2D eigenvalue weighted by Gasteiger charge is -2.21. The Kier molecular flexibility index (Phi) is 4.78. The van der Waals surface area contributed by atoms with E-state index in [1.54, 1.807) is 0 Å². The first-order valence-corrected chi connectivity index (χ1v) is 15.2. The highest BCUT2D eigenvalue weighted by atomic mass is 14.7. The lowest BCUT2D eigenvalue weighted by atomic mass is 9.82. The van der Waals surface area contributed by atoms with Crippen LogP contribution in [0.15, 0.2) is 152 Å². The Balaban J connectivity index is 1.42. The molecule has 8 aromatic carbocycles. The Morgan fingerprint density at radius 2 is 0.818 bits per heavy atom. The molecule has 1 heteroatoms. The predicted octanol–water partition coefficient (Wildman–Crippen LogP) is 11.8. The minimum absolute atomic E-state index is 1.01. The van der Waals surface area contributed by atoms with Crippen LogP contribution in [0.4, 0.5) is 0 Å². The van der Waals surface area contributed by atoms with E-state index < -0.39 is 0 Å². The van der Waals surface area contributed by atoms with Crippen molar-refractivity contribution in [1.82, 2.24) is 4.98 Å². The van der Waals surface area contributed by atoms with Gasteiger partial charge in [-0.25, -0.2) is 0 Å². The molecular formula is C43H25N. The number of rotatable bonds is 2. The first-order valence-electron chi connectivity index (χ1n) is 15.2. The first kappa shape index (κ1) is 23.7. The normalized spacial score (nSPS) is 12.1. The van der Waals surface area contributed by atoms with E-state index in [9.17, 15) is 0 Å². The van der Waals surface area contributed by atoms with Gasteiger partial charge in [-0.1, -0.05) is 140 Å². The van der Waals surface area contributed by atoms with Crippen LogP contribution in [0.3, 0.4) is 0 Å². The van der Waals surface area contributed by atoms with Crippen LogP contribution in [-0.2, 0) is 0 Å². The minimum Gasteiger partial charge on any atom is -0.256 e. The minimum atomic E-state index is 1.01. The number of pyridine rings is 1. The van der Waals surface area contributed by atoms with E-state index in [1.165, 1.54) is 93.0 Å². The quantitative estimate of drug-likeness (QED) is 0.153. The van der Waals surface area contributed by atoms with Crippen molar-refractivity contribution in [2.75, 3.05) is 0 Å². The highest BCUT2D eigenvalue weighted by Crippen LogP contribution is 2.52. The van der Waals surface area contributed by atoms with Crippen LogP contribution in [0.5, 0.6) is 0 Å². The predicted molar refractivity (Wildman–Crippen MR) is 187 cm³/mol. The molecule has 0 atom stereocenters. The summed E-state index contributed by atoms with van der Waals surface area (Å²) in [5.74, 6) is 0. The molecule has 0 bridgehead atoms. The Morgan fingerprint density at radius 3 is 1.66 bits per heavy atom. The molecule has 0 unspecified atom stereocenters. The van der Waals surface area contributed by atoms with Crippen molar-refractivity contribution in [1.29, 1.82) is 0 Å². The van der Waals surface area contributed by atoms with Crippen LogP contribution < -0.4 is 0 Å². The fourth-order valence-electron chi connectivity index (χ4n) is 7.84. The summed E-state index contributed by atoms with van der Waals surface area (Å²) in [5, 5.41) is 11.3. The molecule has 0 aliphatic heterocycles. The third-order valence-corrected chi connectivity index (χ3v) is 9.64. The van der Waals surface area contributed by atoms with E-state index in [2.05, 4.69) is 152 Å². The molecular weight excluding hydrogens is 530 g/mol. The summed E-state index contributed by atoms with van der Waals surface area (Å²) in [4.78, 5) is 5.06. The topological polar surface area (TPSA) is 12.9 Å². The summed E-state index contributed by atoms with van der Waals surface area (Å²) >= 11 is 0. The molecule has 1 aromatic heterocycles. The molecule has 1 aliphatic rings. The van der Waals surface area contributed by atoms with Gasteiger partial charge in [-0.05, 0) is 82.9 Å². The highest BCUT2D eigenvalue weighted by Gasteiger charge is 2.25. The van der Waals surface area contributed by atoms with Gasteiger partial charge in [0.15, 0.2) is 0 Å². The Labute approximate surface area is 254 Å². The van der Waals surface area contributed by atoms with E-state index in [4.69, 9.17) is 4.98 Å². The van der Waals surface area contributed by atoms with Crippen molar-refractivity contribution in [3.63, 3.8) is 0 Å². The Bertz CT molecular complexity index is 2630. The van der Waals surface area contributed by atoms with Crippen LogP contribution in [0, 0.1) is 0 Å². The van der Waals surface area contributed by atoms with E-state index in [-0.39, 0.29) is 0 Å². The van der Waals surface area contributed by atoms with E-state index in [0.29, 0.717) is 0 Å². The number of hydrogen-bond donors (Lipinski definition) is 0. The molecule has 0 fully saturated rings. The summed E-state index contributed by atoms with van der Waals surface area (Å²) in [5.41, 5.74) is 11.3. The molecule has 0 saturated carbocycles. The standard InChI is InChI=1S/C43H25N/c1-2-13-27-26(11-1)12-9-19-30(27)42-34-17-6-5-16-32(34)41(38-25-44-39-22-8-7-18-37(39)43(38)42)36-24-23-35-29-15-4-3-14-28(29)31-20-10-21-33(36)40(31)35/h1-25H. The largest absolute Gasteiger partial charge is 0.256 e. The zero-order valence-corrected chi connectivity index (χ0v) is 23.9. The number of para-hydroxylation sites is 1. The molecule has 202 valence electrons. The summed E-state index contributed by atoms with van der Waals surface area (Å²) < 4.78 is 0. The summed E-state index contributed by atoms with van der Waals surface area (Å²) in [6.45, 7) is 0. The maximum absolute atomic E-state index is 5.06. The second kappa shape index (κ2) is 8.86. The molecule has 1 heterocycles. The number of nitrogens with zero attached hydrogens (tertiary/aromatic N) is 1. The summed E-state index contributed by atoms with van der Waals surface area (Å²) in [6, 6.07) is 53.3. The lowest BCUT2D eigenvalue weighted by molar-refractivity contribution is 1.45. The number of aromatic nitrogens is 1. The average Bonchev–Trinajstić information content (AvgIpc) is 3.42. The average molecular weight is 556 g/mol.